The zero-order valence-corrected chi connectivity index (χ0v) is 7.53. The Kier molecular flexibility index (Phi) is 1.59. The summed E-state index contributed by atoms with van der Waals surface area (Å²) < 4.78 is 0. The molecule has 1 aromatic heterocycles. The molecule has 0 spiro atoms. The number of aromatic nitrogens is 2. The first-order chi connectivity index (χ1) is 6.45. The smallest absolute Gasteiger partial charge is 0.115 e. The lowest BCUT2D eigenvalue weighted by Gasteiger charge is -2.25. The minimum Gasteiger partial charge on any atom is -0.316 e. The van der Waals surface area contributed by atoms with E-state index in [2.05, 4.69) is 15.3 Å². The van der Waals surface area contributed by atoms with Crippen LogP contribution in [0.3, 0.4) is 0 Å². The van der Waals surface area contributed by atoms with Gasteiger partial charge in [0.15, 0.2) is 0 Å². The first-order valence-corrected chi connectivity index (χ1v) is 4.94. The number of rotatable bonds is 0. The molecule has 2 aliphatic rings. The Bertz CT molecular complexity index is 324. The van der Waals surface area contributed by atoms with Crippen molar-refractivity contribution in [3.63, 3.8) is 0 Å². The highest BCUT2D eigenvalue weighted by molar-refractivity contribution is 5.26. The van der Waals surface area contributed by atoms with E-state index < -0.39 is 0 Å². The molecule has 1 aromatic rings. The lowest BCUT2D eigenvalue weighted by atomic mass is 9.80. The zero-order valence-electron chi connectivity index (χ0n) is 7.53. The third kappa shape index (κ3) is 1.07. The summed E-state index contributed by atoms with van der Waals surface area (Å²) >= 11 is 0. The van der Waals surface area contributed by atoms with Crippen molar-refractivity contribution in [3.8, 4) is 0 Å². The van der Waals surface area contributed by atoms with Gasteiger partial charge >= 0.3 is 0 Å². The fraction of sp³-hybridized carbons (Fsp3) is 0.600. The Hall–Kier alpha value is -0.960. The summed E-state index contributed by atoms with van der Waals surface area (Å²) in [5.74, 6) is 1.48. The van der Waals surface area contributed by atoms with Gasteiger partial charge in [-0.3, -0.25) is 0 Å². The van der Waals surface area contributed by atoms with Crippen molar-refractivity contribution in [3.05, 3.63) is 23.8 Å². The lowest BCUT2D eigenvalue weighted by molar-refractivity contribution is 0.440. The van der Waals surface area contributed by atoms with E-state index >= 15 is 0 Å². The second-order valence-corrected chi connectivity index (χ2v) is 4.00. The molecule has 2 atom stereocenters. The largest absolute Gasteiger partial charge is 0.316 e. The SMILES string of the molecule is c1ncc2c(n1)[C@H]1CNC[C@H]1CC2. The van der Waals surface area contributed by atoms with E-state index in [4.69, 9.17) is 0 Å². The molecule has 0 bridgehead atoms. The quantitative estimate of drug-likeness (QED) is 0.631. The Morgan fingerprint density at radius 1 is 1.38 bits per heavy atom. The second-order valence-electron chi connectivity index (χ2n) is 4.00. The van der Waals surface area contributed by atoms with Crippen molar-refractivity contribution < 1.29 is 0 Å². The fourth-order valence-electron chi connectivity index (χ4n) is 2.59. The Morgan fingerprint density at radius 2 is 2.38 bits per heavy atom. The lowest BCUT2D eigenvalue weighted by Crippen LogP contribution is -2.20. The van der Waals surface area contributed by atoms with E-state index in [1.807, 2.05) is 6.20 Å². The van der Waals surface area contributed by atoms with Crippen LogP contribution in [0.25, 0.3) is 0 Å². The highest BCUT2D eigenvalue weighted by atomic mass is 14.9. The molecule has 1 N–H and O–H groups in total. The molecule has 1 aliphatic heterocycles. The summed E-state index contributed by atoms with van der Waals surface area (Å²) in [5, 5.41) is 3.44. The Balaban J connectivity index is 2.06. The van der Waals surface area contributed by atoms with Crippen LogP contribution in [-0.4, -0.2) is 23.1 Å². The van der Waals surface area contributed by atoms with Crippen LogP contribution >= 0.6 is 0 Å². The van der Waals surface area contributed by atoms with Crippen LogP contribution in [0.15, 0.2) is 12.5 Å². The molecule has 2 heterocycles. The van der Waals surface area contributed by atoms with Gasteiger partial charge in [0.1, 0.15) is 6.33 Å². The number of hydrogen-bond donors (Lipinski definition) is 1. The van der Waals surface area contributed by atoms with Crippen molar-refractivity contribution in [2.75, 3.05) is 13.1 Å². The van der Waals surface area contributed by atoms with Gasteiger partial charge < -0.3 is 5.32 Å². The maximum absolute atomic E-state index is 4.41. The molecular formula is C10H13N3. The normalized spacial score (nSPS) is 31.1. The molecule has 0 saturated carbocycles. The number of nitrogens with zero attached hydrogens (tertiary/aromatic N) is 2. The van der Waals surface area contributed by atoms with E-state index in [9.17, 15) is 0 Å². The summed E-state index contributed by atoms with van der Waals surface area (Å²) in [6, 6.07) is 0. The van der Waals surface area contributed by atoms with Crippen LogP contribution < -0.4 is 5.32 Å². The van der Waals surface area contributed by atoms with Crippen LogP contribution in [0, 0.1) is 5.92 Å². The van der Waals surface area contributed by atoms with Crippen LogP contribution in [0.1, 0.15) is 23.6 Å². The molecule has 1 aliphatic carbocycles. The van der Waals surface area contributed by atoms with Crippen LogP contribution in [0.2, 0.25) is 0 Å². The number of hydrogen-bond acceptors (Lipinski definition) is 3. The minimum atomic E-state index is 0.659. The van der Waals surface area contributed by atoms with Crippen molar-refractivity contribution in [1.29, 1.82) is 0 Å². The van der Waals surface area contributed by atoms with Gasteiger partial charge in [-0.05, 0) is 30.9 Å². The summed E-state index contributed by atoms with van der Waals surface area (Å²) in [5.41, 5.74) is 2.67. The molecule has 68 valence electrons. The molecule has 3 nitrogen and oxygen atoms in total. The molecule has 1 fully saturated rings. The Labute approximate surface area is 77.6 Å². The molecule has 0 amide bonds. The van der Waals surface area contributed by atoms with E-state index in [0.717, 1.165) is 12.5 Å². The molecule has 3 rings (SSSR count). The first kappa shape index (κ1) is 7.44. The topological polar surface area (TPSA) is 37.8 Å². The van der Waals surface area contributed by atoms with Gasteiger partial charge in [0.2, 0.25) is 0 Å². The summed E-state index contributed by atoms with van der Waals surface area (Å²) in [6.07, 6.45) is 6.13. The van der Waals surface area contributed by atoms with Crippen LogP contribution in [-0.2, 0) is 6.42 Å². The molecular weight excluding hydrogens is 162 g/mol. The highest BCUT2D eigenvalue weighted by Gasteiger charge is 2.34. The van der Waals surface area contributed by atoms with Gasteiger partial charge in [-0.25, -0.2) is 9.97 Å². The van der Waals surface area contributed by atoms with Crippen LogP contribution in [0.4, 0.5) is 0 Å². The predicted octanol–water partition coefficient (Wildman–Crippen LogP) is 0.726. The number of aryl methyl sites for hydroxylation is 1. The van der Waals surface area contributed by atoms with Crippen molar-refractivity contribution in [1.82, 2.24) is 15.3 Å². The highest BCUT2D eigenvalue weighted by Crippen LogP contribution is 2.36. The third-order valence-corrected chi connectivity index (χ3v) is 3.30. The van der Waals surface area contributed by atoms with Gasteiger partial charge in [0.25, 0.3) is 0 Å². The van der Waals surface area contributed by atoms with E-state index in [0.29, 0.717) is 5.92 Å². The van der Waals surface area contributed by atoms with Gasteiger partial charge in [-0.15, -0.1) is 0 Å². The summed E-state index contributed by atoms with van der Waals surface area (Å²) in [6.45, 7) is 2.28. The summed E-state index contributed by atoms with van der Waals surface area (Å²) in [4.78, 5) is 8.49. The maximum Gasteiger partial charge on any atom is 0.115 e. The molecule has 13 heavy (non-hydrogen) atoms. The zero-order chi connectivity index (χ0) is 8.67. The van der Waals surface area contributed by atoms with Crippen molar-refractivity contribution >= 4 is 0 Å². The van der Waals surface area contributed by atoms with E-state index in [1.165, 1.54) is 30.6 Å². The average Bonchev–Trinajstić information content (AvgIpc) is 2.65. The first-order valence-electron chi connectivity index (χ1n) is 4.94. The van der Waals surface area contributed by atoms with Crippen molar-refractivity contribution in [2.45, 2.75) is 18.8 Å². The van der Waals surface area contributed by atoms with E-state index in [-0.39, 0.29) is 0 Å². The Morgan fingerprint density at radius 3 is 3.38 bits per heavy atom. The molecule has 0 unspecified atom stereocenters. The van der Waals surface area contributed by atoms with Crippen molar-refractivity contribution in [2.24, 2.45) is 5.92 Å². The average molecular weight is 175 g/mol. The standard InChI is InChI=1S/C10H13N3/c1-2-8-4-12-6-13-10(8)9-5-11-3-7(1)9/h4,6-7,9,11H,1-3,5H2/t7-,9+/m1/s1. The third-order valence-electron chi connectivity index (χ3n) is 3.30. The van der Waals surface area contributed by atoms with E-state index in [1.54, 1.807) is 6.33 Å². The van der Waals surface area contributed by atoms with Gasteiger partial charge in [0, 0.05) is 18.7 Å². The molecule has 1 saturated heterocycles. The van der Waals surface area contributed by atoms with Gasteiger partial charge in [-0.2, -0.15) is 0 Å². The number of nitrogens with one attached hydrogen (secondary N) is 1. The molecule has 0 radical (unpaired) electrons. The fourth-order valence-corrected chi connectivity index (χ4v) is 2.59. The number of fused-ring (bicyclic) bond motifs is 3. The monoisotopic (exact) mass is 175 g/mol. The van der Waals surface area contributed by atoms with Crippen LogP contribution in [0.5, 0.6) is 0 Å². The molecule has 0 aromatic carbocycles. The van der Waals surface area contributed by atoms with Gasteiger partial charge in [-0.1, -0.05) is 0 Å². The van der Waals surface area contributed by atoms with Gasteiger partial charge in [0.05, 0.1) is 5.69 Å². The maximum atomic E-state index is 4.41. The predicted molar refractivity (Wildman–Crippen MR) is 49.5 cm³/mol. The second kappa shape index (κ2) is 2.77. The minimum absolute atomic E-state index is 0.659. The molecule has 3 heteroatoms. The summed E-state index contributed by atoms with van der Waals surface area (Å²) in [7, 11) is 0.